The summed E-state index contributed by atoms with van der Waals surface area (Å²) in [4.78, 5) is 2.42. The standard InChI is InChI=1S/C12H12ClNS2/c1-8-3-2-4-10(12(8)14)15-7-9-5-6-11(13)16-9/h2-6H,7,14H2,1H3. The van der Waals surface area contributed by atoms with Crippen molar-refractivity contribution in [1.29, 1.82) is 0 Å². The number of benzene rings is 1. The second-order valence-corrected chi connectivity index (χ2v) is 6.30. The van der Waals surface area contributed by atoms with Gasteiger partial charge in [-0.15, -0.1) is 23.1 Å². The average molecular weight is 270 g/mol. The molecule has 0 saturated heterocycles. The molecule has 0 aliphatic rings. The van der Waals surface area contributed by atoms with Crippen LogP contribution in [0.2, 0.25) is 4.34 Å². The van der Waals surface area contributed by atoms with Gasteiger partial charge in [0.05, 0.1) is 4.34 Å². The quantitative estimate of drug-likeness (QED) is 0.652. The molecule has 16 heavy (non-hydrogen) atoms. The largest absolute Gasteiger partial charge is 0.398 e. The summed E-state index contributed by atoms with van der Waals surface area (Å²) in [6.45, 7) is 2.03. The topological polar surface area (TPSA) is 26.0 Å². The molecule has 2 aromatic rings. The monoisotopic (exact) mass is 269 g/mol. The van der Waals surface area contributed by atoms with Crippen LogP contribution in [0.3, 0.4) is 0 Å². The molecule has 0 unspecified atom stereocenters. The first-order valence-corrected chi connectivity index (χ1v) is 7.07. The van der Waals surface area contributed by atoms with E-state index in [1.165, 1.54) is 4.88 Å². The van der Waals surface area contributed by atoms with E-state index in [0.29, 0.717) is 0 Å². The van der Waals surface area contributed by atoms with Gasteiger partial charge in [0.25, 0.3) is 0 Å². The maximum Gasteiger partial charge on any atom is 0.0931 e. The Bertz CT molecular complexity index is 494. The van der Waals surface area contributed by atoms with Gasteiger partial charge < -0.3 is 5.73 Å². The first-order chi connectivity index (χ1) is 7.66. The summed E-state index contributed by atoms with van der Waals surface area (Å²) in [5, 5.41) is 0. The van der Waals surface area contributed by atoms with Crippen molar-refractivity contribution in [1.82, 2.24) is 0 Å². The molecule has 0 bridgehead atoms. The van der Waals surface area contributed by atoms with Gasteiger partial charge in [-0.25, -0.2) is 0 Å². The third-order valence-electron chi connectivity index (χ3n) is 2.28. The van der Waals surface area contributed by atoms with E-state index in [1.807, 2.05) is 25.1 Å². The van der Waals surface area contributed by atoms with Gasteiger partial charge >= 0.3 is 0 Å². The fraction of sp³-hybridized carbons (Fsp3) is 0.167. The van der Waals surface area contributed by atoms with Crippen molar-refractivity contribution < 1.29 is 0 Å². The first-order valence-electron chi connectivity index (χ1n) is 4.89. The second-order valence-electron chi connectivity index (χ2n) is 3.48. The Hall–Kier alpha value is -0.640. The highest BCUT2D eigenvalue weighted by molar-refractivity contribution is 7.98. The Kier molecular flexibility index (Phi) is 3.79. The molecule has 4 heteroatoms. The van der Waals surface area contributed by atoms with Crippen molar-refractivity contribution in [2.45, 2.75) is 17.6 Å². The SMILES string of the molecule is Cc1cccc(SCc2ccc(Cl)s2)c1N. The van der Waals surface area contributed by atoms with Gasteiger partial charge in [0.1, 0.15) is 0 Å². The van der Waals surface area contributed by atoms with Crippen molar-refractivity contribution >= 4 is 40.4 Å². The van der Waals surface area contributed by atoms with Crippen molar-refractivity contribution in [3.05, 3.63) is 45.1 Å². The molecule has 1 nitrogen and oxygen atoms in total. The van der Waals surface area contributed by atoms with Gasteiger partial charge in [-0.05, 0) is 30.7 Å². The predicted octanol–water partition coefficient (Wildman–Crippen LogP) is 4.58. The minimum Gasteiger partial charge on any atom is -0.398 e. The maximum atomic E-state index is 6.01. The number of anilines is 1. The van der Waals surface area contributed by atoms with E-state index in [4.69, 9.17) is 17.3 Å². The van der Waals surface area contributed by atoms with E-state index < -0.39 is 0 Å². The summed E-state index contributed by atoms with van der Waals surface area (Å²) in [7, 11) is 0. The lowest BCUT2D eigenvalue weighted by atomic mass is 10.2. The van der Waals surface area contributed by atoms with Crippen LogP contribution in [0.15, 0.2) is 35.2 Å². The predicted molar refractivity (Wildman–Crippen MR) is 74.5 cm³/mol. The Balaban J connectivity index is 2.07. The number of halogens is 1. The number of hydrogen-bond donors (Lipinski definition) is 1. The van der Waals surface area contributed by atoms with Crippen molar-refractivity contribution in [2.75, 3.05) is 5.73 Å². The number of aryl methyl sites for hydroxylation is 1. The van der Waals surface area contributed by atoms with Gasteiger partial charge in [0, 0.05) is 21.2 Å². The number of para-hydroxylation sites is 1. The molecule has 0 spiro atoms. The van der Waals surface area contributed by atoms with Crippen LogP contribution in [0.25, 0.3) is 0 Å². The molecule has 2 rings (SSSR count). The van der Waals surface area contributed by atoms with Crippen LogP contribution in [-0.4, -0.2) is 0 Å². The zero-order chi connectivity index (χ0) is 11.5. The highest BCUT2D eigenvalue weighted by Gasteiger charge is 2.04. The zero-order valence-electron chi connectivity index (χ0n) is 8.87. The minimum absolute atomic E-state index is 0.841. The number of rotatable bonds is 3. The molecule has 0 fully saturated rings. The fourth-order valence-corrected chi connectivity index (χ4v) is 3.54. The van der Waals surface area contributed by atoms with E-state index in [1.54, 1.807) is 23.1 Å². The highest BCUT2D eigenvalue weighted by atomic mass is 35.5. The Morgan fingerprint density at radius 2 is 2.12 bits per heavy atom. The molecule has 1 aromatic carbocycles. The Labute approximate surface area is 109 Å². The lowest BCUT2D eigenvalue weighted by molar-refractivity contribution is 1.36. The normalized spacial score (nSPS) is 10.6. The van der Waals surface area contributed by atoms with Gasteiger partial charge in [0.15, 0.2) is 0 Å². The molecular weight excluding hydrogens is 258 g/mol. The molecule has 0 radical (unpaired) electrons. The van der Waals surface area contributed by atoms with Crippen LogP contribution < -0.4 is 5.73 Å². The first kappa shape index (κ1) is 11.8. The summed E-state index contributed by atoms with van der Waals surface area (Å²) in [6.07, 6.45) is 0. The average Bonchev–Trinajstić information content (AvgIpc) is 2.67. The molecule has 1 aromatic heterocycles. The molecule has 0 atom stereocenters. The van der Waals surface area contributed by atoms with E-state index in [9.17, 15) is 0 Å². The lowest BCUT2D eigenvalue weighted by Gasteiger charge is -2.06. The van der Waals surface area contributed by atoms with Crippen LogP contribution in [-0.2, 0) is 5.75 Å². The lowest BCUT2D eigenvalue weighted by Crippen LogP contribution is -1.91. The summed E-state index contributed by atoms with van der Waals surface area (Å²) >= 11 is 9.26. The Morgan fingerprint density at radius 3 is 2.81 bits per heavy atom. The molecule has 0 aliphatic heterocycles. The summed E-state index contributed by atoms with van der Waals surface area (Å²) in [6, 6.07) is 10.1. The van der Waals surface area contributed by atoms with Crippen LogP contribution >= 0.6 is 34.7 Å². The number of thiophene rings is 1. The molecule has 0 amide bonds. The molecular formula is C12H12ClNS2. The van der Waals surface area contributed by atoms with Gasteiger partial charge in [-0.1, -0.05) is 23.7 Å². The van der Waals surface area contributed by atoms with Gasteiger partial charge in [-0.2, -0.15) is 0 Å². The summed E-state index contributed by atoms with van der Waals surface area (Å²) < 4.78 is 0.841. The number of hydrogen-bond acceptors (Lipinski definition) is 3. The maximum absolute atomic E-state index is 6.01. The third kappa shape index (κ3) is 2.73. The summed E-state index contributed by atoms with van der Waals surface area (Å²) in [5.74, 6) is 0.922. The molecule has 0 saturated carbocycles. The van der Waals surface area contributed by atoms with Crippen LogP contribution in [0.5, 0.6) is 0 Å². The highest BCUT2D eigenvalue weighted by Crippen LogP contribution is 2.32. The van der Waals surface area contributed by atoms with E-state index in [2.05, 4.69) is 12.1 Å². The van der Waals surface area contributed by atoms with E-state index in [0.717, 1.165) is 26.2 Å². The second kappa shape index (κ2) is 5.13. The van der Waals surface area contributed by atoms with Crippen LogP contribution in [0.1, 0.15) is 10.4 Å². The third-order valence-corrected chi connectivity index (χ3v) is 4.82. The number of nitrogens with two attached hydrogens (primary N) is 1. The van der Waals surface area contributed by atoms with E-state index in [-0.39, 0.29) is 0 Å². The molecule has 2 N–H and O–H groups in total. The molecule has 84 valence electrons. The summed E-state index contributed by atoms with van der Waals surface area (Å²) in [5.41, 5.74) is 8.03. The minimum atomic E-state index is 0.841. The van der Waals surface area contributed by atoms with Crippen molar-refractivity contribution in [2.24, 2.45) is 0 Å². The number of thioether (sulfide) groups is 1. The Morgan fingerprint density at radius 1 is 1.31 bits per heavy atom. The number of nitrogen functional groups attached to an aromatic ring is 1. The zero-order valence-corrected chi connectivity index (χ0v) is 11.3. The van der Waals surface area contributed by atoms with Gasteiger partial charge in [0.2, 0.25) is 0 Å². The smallest absolute Gasteiger partial charge is 0.0931 e. The van der Waals surface area contributed by atoms with Crippen LogP contribution in [0, 0.1) is 6.92 Å². The molecule has 1 heterocycles. The van der Waals surface area contributed by atoms with Crippen molar-refractivity contribution in [3.63, 3.8) is 0 Å². The van der Waals surface area contributed by atoms with Crippen molar-refractivity contribution in [3.8, 4) is 0 Å². The van der Waals surface area contributed by atoms with E-state index >= 15 is 0 Å². The molecule has 0 aliphatic carbocycles. The fourth-order valence-electron chi connectivity index (χ4n) is 1.36. The van der Waals surface area contributed by atoms with Gasteiger partial charge in [-0.3, -0.25) is 0 Å². The van der Waals surface area contributed by atoms with Crippen LogP contribution in [0.4, 0.5) is 5.69 Å².